The van der Waals surface area contributed by atoms with Crippen LogP contribution in [0, 0.1) is 10.4 Å². The Morgan fingerprint density at radius 3 is 0.855 bits per heavy atom. The van der Waals surface area contributed by atoms with E-state index in [1.165, 1.54) is 71.0 Å². The molecular formula is C54H54Cu2F6N8O11S2. The molecule has 2 aromatic carbocycles. The predicted octanol–water partition coefficient (Wildman–Crippen LogP) is 5.57. The number of pyridine rings is 6. The summed E-state index contributed by atoms with van der Waals surface area (Å²) in [5.41, 5.74) is -1.55. The topological polar surface area (TPSA) is 304 Å². The molecule has 2 N–H and O–H groups in total. The molecule has 452 valence electrons. The minimum absolute atomic E-state index is 0. The summed E-state index contributed by atoms with van der Waals surface area (Å²) < 4.78 is 118. The summed E-state index contributed by atoms with van der Waals surface area (Å²) in [6.45, 7) is 5.41. The van der Waals surface area contributed by atoms with E-state index in [1.807, 2.05) is 49.1 Å². The van der Waals surface area contributed by atoms with Crippen LogP contribution < -0.4 is 19.7 Å². The molecule has 0 aliphatic carbocycles. The molecule has 8 aromatic rings. The molecule has 0 bridgehead atoms. The van der Waals surface area contributed by atoms with Gasteiger partial charge in [-0.25, -0.2) is 16.8 Å². The van der Waals surface area contributed by atoms with Crippen LogP contribution in [-0.4, -0.2) is 98.3 Å². The molecule has 0 unspecified atom stereocenters. The summed E-state index contributed by atoms with van der Waals surface area (Å²) in [7, 11) is -12.2. The van der Waals surface area contributed by atoms with Crippen LogP contribution in [0.25, 0.3) is 11.1 Å². The van der Waals surface area contributed by atoms with Gasteiger partial charge in [-0.3, -0.25) is 29.7 Å². The molecule has 8 rings (SSSR count). The van der Waals surface area contributed by atoms with Crippen LogP contribution >= 0.6 is 0 Å². The molecular weight excluding hydrogens is 1240 g/mol. The first-order valence-corrected chi connectivity index (χ1v) is 26.7. The maximum absolute atomic E-state index is 10.7. The van der Waals surface area contributed by atoms with E-state index in [0.29, 0.717) is 0 Å². The number of hydrogen-bond donors (Lipinski definition) is 0. The van der Waals surface area contributed by atoms with Gasteiger partial charge in [0.1, 0.15) is 0 Å². The third-order valence-electron chi connectivity index (χ3n) is 10.9. The third kappa shape index (κ3) is 28.1. The first kappa shape index (κ1) is 73.9. The molecule has 0 aliphatic heterocycles. The molecule has 6 heterocycles. The zero-order chi connectivity index (χ0) is 58.6. The fraction of sp³-hybridized carbons (Fsp3) is 0.222. The number of nitrogens with zero attached hydrogens (tertiary/aromatic N) is 8. The van der Waals surface area contributed by atoms with Crippen molar-refractivity contribution in [1.82, 2.24) is 29.7 Å². The summed E-state index contributed by atoms with van der Waals surface area (Å²) in [5.74, 6) is -1.04. The monoisotopic (exact) mass is 1290 g/mol. The molecule has 29 heteroatoms. The second-order valence-electron chi connectivity index (χ2n) is 16.7. The molecule has 0 amide bonds. The van der Waals surface area contributed by atoms with Crippen molar-refractivity contribution in [3.05, 3.63) is 239 Å². The van der Waals surface area contributed by atoms with Crippen molar-refractivity contribution in [2.24, 2.45) is 0 Å². The molecule has 2 radical (unpaired) electrons. The van der Waals surface area contributed by atoms with Gasteiger partial charge in [0.2, 0.25) is 0 Å². The Morgan fingerprint density at radius 1 is 0.410 bits per heavy atom. The summed E-state index contributed by atoms with van der Waals surface area (Å²) in [6, 6.07) is 51.0. The van der Waals surface area contributed by atoms with Gasteiger partial charge in [-0.2, -0.15) is 35.8 Å². The van der Waals surface area contributed by atoms with Gasteiger partial charge in [0.15, 0.2) is 44.4 Å². The second kappa shape index (κ2) is 37.1. The van der Waals surface area contributed by atoms with Gasteiger partial charge in [0.25, 0.3) is 0 Å². The third-order valence-corrected chi connectivity index (χ3v) is 12.0. The van der Waals surface area contributed by atoms with E-state index in [1.54, 1.807) is 0 Å². The fourth-order valence-electron chi connectivity index (χ4n) is 6.96. The van der Waals surface area contributed by atoms with Crippen LogP contribution in [0.1, 0.15) is 33.9 Å². The molecule has 6 aromatic heterocycles. The largest absolute Gasteiger partial charge is 2.00 e. The van der Waals surface area contributed by atoms with E-state index in [4.69, 9.17) is 25.9 Å². The number of alkyl halides is 6. The van der Waals surface area contributed by atoms with E-state index in [-0.39, 0.29) is 49.1 Å². The zero-order valence-electron chi connectivity index (χ0n) is 43.4. The first-order chi connectivity index (χ1) is 37.9. The Hall–Kier alpha value is -7.14. The maximum atomic E-state index is 10.7. The van der Waals surface area contributed by atoms with Crippen LogP contribution in [0.15, 0.2) is 195 Å². The molecule has 0 aliphatic rings. The Bertz CT molecular complexity index is 2960. The fourth-order valence-corrected chi connectivity index (χ4v) is 6.96. The van der Waals surface area contributed by atoms with Crippen LogP contribution in [0.3, 0.4) is 0 Å². The number of benzene rings is 2. The number of halogens is 6. The minimum atomic E-state index is -6.09. The molecule has 0 fully saturated rings. The standard InChI is InChI=1S/C42H44N6.2C5H5NO2.2CHF3O3S.2Cu.H2O/c1-3-19-41(35(13-1)33-47(29-21-37-15-5-9-25-43-37)30-22-38-16-6-10-26-44-38)42-20-4-2-14-36(42)34-48(31-23-39-17-7-11-27-45-39)32-24-40-18-8-12-28-46-40;2*7-5-3-1-2-4-6(5)8;2*2-1(3,4)8(5,6)7;;;/h1-20,25-28H,21-24,29-34H2;2*1-4,7H;2*(H,5,6,7);;;1H2/q;;;;;2*+2;/p-4. The SMILES string of the molecule is O.O=S(=O)([O-])C(F)(F)F.O=S(=O)([O-])C(F)(F)F.[Cu+2].[Cu+2].[O-]c1cccc[n+]1[O-].[O-]c1cccc[n+]1[O-].c1ccc(CCN(CCc2ccccn2)Cc2ccccc2-c2ccccc2CN(CCc2ccccn2)CCc2ccccn2)nc1. The zero-order valence-corrected chi connectivity index (χ0v) is 46.9. The average molecular weight is 1300 g/mol. The van der Waals surface area contributed by atoms with E-state index in [0.717, 1.165) is 87.7 Å². The van der Waals surface area contributed by atoms with Crippen molar-refractivity contribution >= 4 is 20.2 Å². The Labute approximate surface area is 496 Å². The number of hydrogen-bond acceptors (Lipinski definition) is 16. The average Bonchev–Trinajstić information content (AvgIpc) is 3.57. The summed E-state index contributed by atoms with van der Waals surface area (Å²) >= 11 is 0. The molecule has 83 heavy (non-hydrogen) atoms. The van der Waals surface area contributed by atoms with Crippen molar-refractivity contribution in [2.45, 2.75) is 49.8 Å². The predicted molar refractivity (Wildman–Crippen MR) is 279 cm³/mol. The molecule has 0 atom stereocenters. The minimum Gasteiger partial charge on any atom is -0.822 e. The van der Waals surface area contributed by atoms with Gasteiger partial charge in [-0.05, 0) is 82.9 Å². The summed E-state index contributed by atoms with van der Waals surface area (Å²) in [5, 5.41) is 41.0. The Balaban J connectivity index is 0.000000794. The molecule has 0 saturated heterocycles. The van der Waals surface area contributed by atoms with Gasteiger partial charge in [0.05, 0.1) is 0 Å². The van der Waals surface area contributed by atoms with Gasteiger partial charge >= 0.3 is 45.2 Å². The molecule has 0 saturated carbocycles. The number of rotatable bonds is 17. The van der Waals surface area contributed by atoms with Crippen molar-refractivity contribution in [1.29, 1.82) is 0 Å². The van der Waals surface area contributed by atoms with Crippen LogP contribution in [0.5, 0.6) is 11.8 Å². The van der Waals surface area contributed by atoms with Gasteiger partial charge in [0, 0.05) is 125 Å². The Kier molecular flexibility index (Phi) is 33.1. The van der Waals surface area contributed by atoms with Gasteiger partial charge < -0.3 is 35.2 Å². The molecule has 0 spiro atoms. The summed E-state index contributed by atoms with van der Waals surface area (Å²) in [6.07, 6.45) is 13.5. The maximum Gasteiger partial charge on any atom is 2.00 e. The van der Waals surface area contributed by atoms with Crippen molar-refractivity contribution < 1.29 is 112 Å². The van der Waals surface area contributed by atoms with Crippen molar-refractivity contribution in [2.75, 3.05) is 26.2 Å². The van der Waals surface area contributed by atoms with Crippen LogP contribution in [0.2, 0.25) is 0 Å². The Morgan fingerprint density at radius 2 is 0.651 bits per heavy atom. The van der Waals surface area contributed by atoms with E-state index >= 15 is 0 Å². The van der Waals surface area contributed by atoms with E-state index in [9.17, 15) is 47.0 Å². The van der Waals surface area contributed by atoms with Gasteiger partial charge in [-0.1, -0.05) is 84.9 Å². The van der Waals surface area contributed by atoms with Crippen LogP contribution in [0.4, 0.5) is 26.3 Å². The van der Waals surface area contributed by atoms with Crippen molar-refractivity contribution in [3.8, 4) is 22.9 Å². The quantitative estimate of drug-likeness (QED) is 0.0269. The summed E-state index contributed by atoms with van der Waals surface area (Å²) in [4.78, 5) is 23.5. The first-order valence-electron chi connectivity index (χ1n) is 23.9. The van der Waals surface area contributed by atoms with Crippen molar-refractivity contribution in [3.63, 3.8) is 0 Å². The van der Waals surface area contributed by atoms with E-state index < -0.39 is 43.0 Å². The van der Waals surface area contributed by atoms with Gasteiger partial charge in [-0.15, -0.1) is 0 Å². The van der Waals surface area contributed by atoms with E-state index in [2.05, 4.69) is 127 Å². The normalized spacial score (nSPS) is 11.0. The number of aromatic nitrogens is 6. The second-order valence-corrected chi connectivity index (χ2v) is 19.4. The smallest absolute Gasteiger partial charge is 0.822 e. The molecule has 19 nitrogen and oxygen atoms in total. The van der Waals surface area contributed by atoms with Crippen LogP contribution in [-0.2, 0) is 93.1 Å².